The van der Waals surface area contributed by atoms with Crippen LogP contribution >= 0.6 is 0 Å². The van der Waals surface area contributed by atoms with Gasteiger partial charge in [0.15, 0.2) is 0 Å². The SMILES string of the molecule is C/C=C\C1=C(/CC(C)C)NCCCC(C)C1C. The largest absolute Gasteiger partial charge is 0.388 e. The summed E-state index contributed by atoms with van der Waals surface area (Å²) in [5, 5.41) is 3.67. The van der Waals surface area contributed by atoms with Gasteiger partial charge in [-0.1, -0.05) is 39.8 Å². The first-order chi connectivity index (χ1) is 8.06. The topological polar surface area (TPSA) is 12.0 Å². The van der Waals surface area contributed by atoms with Gasteiger partial charge in [0.1, 0.15) is 0 Å². The molecule has 0 aromatic heterocycles. The van der Waals surface area contributed by atoms with Crippen LogP contribution in [0.5, 0.6) is 0 Å². The van der Waals surface area contributed by atoms with Gasteiger partial charge in [-0.15, -0.1) is 0 Å². The Labute approximate surface area is 107 Å². The molecule has 0 fully saturated rings. The quantitative estimate of drug-likeness (QED) is 0.758. The van der Waals surface area contributed by atoms with Gasteiger partial charge in [0, 0.05) is 12.2 Å². The van der Waals surface area contributed by atoms with Gasteiger partial charge in [-0.05, 0) is 49.5 Å². The van der Waals surface area contributed by atoms with Crippen molar-refractivity contribution in [2.45, 2.75) is 53.9 Å². The monoisotopic (exact) mass is 235 g/mol. The van der Waals surface area contributed by atoms with Gasteiger partial charge in [-0.25, -0.2) is 0 Å². The zero-order chi connectivity index (χ0) is 12.8. The highest BCUT2D eigenvalue weighted by molar-refractivity contribution is 5.28. The molecule has 1 aliphatic heterocycles. The third-order valence-corrected chi connectivity index (χ3v) is 3.83. The molecule has 1 nitrogen and oxygen atoms in total. The molecule has 17 heavy (non-hydrogen) atoms. The molecular formula is C16H29N. The van der Waals surface area contributed by atoms with E-state index in [0.29, 0.717) is 5.92 Å². The van der Waals surface area contributed by atoms with Gasteiger partial charge >= 0.3 is 0 Å². The van der Waals surface area contributed by atoms with E-state index in [9.17, 15) is 0 Å². The highest BCUT2D eigenvalue weighted by atomic mass is 14.9. The molecule has 2 unspecified atom stereocenters. The third kappa shape index (κ3) is 4.22. The highest BCUT2D eigenvalue weighted by Gasteiger charge is 2.20. The molecule has 0 saturated heterocycles. The Kier molecular flexibility index (Phi) is 5.80. The van der Waals surface area contributed by atoms with Crippen molar-refractivity contribution >= 4 is 0 Å². The predicted octanol–water partition coefficient (Wildman–Crippen LogP) is 4.52. The van der Waals surface area contributed by atoms with Gasteiger partial charge < -0.3 is 5.32 Å². The second-order valence-corrected chi connectivity index (χ2v) is 5.87. The maximum atomic E-state index is 3.67. The normalized spacial score (nSPS) is 31.4. The van der Waals surface area contributed by atoms with Crippen molar-refractivity contribution in [3.8, 4) is 0 Å². The fourth-order valence-corrected chi connectivity index (χ4v) is 2.63. The van der Waals surface area contributed by atoms with Crippen LogP contribution < -0.4 is 5.32 Å². The molecule has 0 aromatic rings. The summed E-state index contributed by atoms with van der Waals surface area (Å²) >= 11 is 0. The van der Waals surface area contributed by atoms with Crippen molar-refractivity contribution in [3.05, 3.63) is 23.4 Å². The molecule has 1 N–H and O–H groups in total. The molecule has 1 aliphatic rings. The molecule has 1 heteroatoms. The second kappa shape index (κ2) is 6.88. The van der Waals surface area contributed by atoms with Crippen LogP contribution in [-0.2, 0) is 0 Å². The number of rotatable bonds is 3. The molecule has 0 amide bonds. The van der Waals surface area contributed by atoms with E-state index in [1.807, 2.05) is 0 Å². The maximum Gasteiger partial charge on any atom is 0.0144 e. The molecule has 1 rings (SSSR count). The summed E-state index contributed by atoms with van der Waals surface area (Å²) in [4.78, 5) is 0. The zero-order valence-corrected chi connectivity index (χ0v) is 12.2. The van der Waals surface area contributed by atoms with Crippen molar-refractivity contribution in [1.29, 1.82) is 0 Å². The van der Waals surface area contributed by atoms with E-state index in [1.54, 1.807) is 0 Å². The Bertz CT molecular complexity index is 286. The first-order valence-electron chi connectivity index (χ1n) is 7.15. The number of allylic oxidation sites excluding steroid dienone is 4. The first-order valence-corrected chi connectivity index (χ1v) is 7.15. The molecule has 0 aliphatic carbocycles. The molecule has 0 radical (unpaired) electrons. The minimum atomic E-state index is 0.674. The van der Waals surface area contributed by atoms with Crippen LogP contribution in [0.3, 0.4) is 0 Å². The number of hydrogen-bond donors (Lipinski definition) is 1. The maximum absolute atomic E-state index is 3.67. The summed E-state index contributed by atoms with van der Waals surface area (Å²) < 4.78 is 0. The fourth-order valence-electron chi connectivity index (χ4n) is 2.63. The lowest BCUT2D eigenvalue weighted by molar-refractivity contribution is 0.382. The van der Waals surface area contributed by atoms with Gasteiger partial charge in [0.25, 0.3) is 0 Å². The van der Waals surface area contributed by atoms with Crippen molar-refractivity contribution in [3.63, 3.8) is 0 Å². The summed E-state index contributed by atoms with van der Waals surface area (Å²) in [6, 6.07) is 0. The van der Waals surface area contributed by atoms with Gasteiger partial charge in [-0.3, -0.25) is 0 Å². The van der Waals surface area contributed by atoms with Gasteiger partial charge in [-0.2, -0.15) is 0 Å². The Balaban J connectivity index is 3.02. The van der Waals surface area contributed by atoms with E-state index in [4.69, 9.17) is 0 Å². The summed E-state index contributed by atoms with van der Waals surface area (Å²) in [5.41, 5.74) is 3.02. The first kappa shape index (κ1) is 14.3. The van der Waals surface area contributed by atoms with Crippen molar-refractivity contribution in [1.82, 2.24) is 5.32 Å². The van der Waals surface area contributed by atoms with Crippen LogP contribution in [0, 0.1) is 17.8 Å². The predicted molar refractivity (Wildman–Crippen MR) is 76.9 cm³/mol. The molecule has 2 atom stereocenters. The highest BCUT2D eigenvalue weighted by Crippen LogP contribution is 2.30. The zero-order valence-electron chi connectivity index (χ0n) is 12.2. The van der Waals surface area contributed by atoms with Crippen LogP contribution in [0.15, 0.2) is 23.4 Å². The molecule has 0 saturated carbocycles. The smallest absolute Gasteiger partial charge is 0.0144 e. The molecular weight excluding hydrogens is 206 g/mol. The lowest BCUT2D eigenvalue weighted by Gasteiger charge is -2.29. The Hall–Kier alpha value is -0.720. The van der Waals surface area contributed by atoms with E-state index >= 15 is 0 Å². The van der Waals surface area contributed by atoms with E-state index in [1.165, 1.54) is 30.5 Å². The van der Waals surface area contributed by atoms with E-state index in [-0.39, 0.29) is 0 Å². The summed E-state index contributed by atoms with van der Waals surface area (Å²) in [6.07, 6.45) is 8.32. The number of hydrogen-bond acceptors (Lipinski definition) is 1. The lowest BCUT2D eigenvalue weighted by Crippen LogP contribution is -2.25. The van der Waals surface area contributed by atoms with Gasteiger partial charge in [0.05, 0.1) is 0 Å². The van der Waals surface area contributed by atoms with Crippen molar-refractivity contribution in [2.75, 3.05) is 6.54 Å². The summed E-state index contributed by atoms with van der Waals surface area (Å²) in [6.45, 7) is 12.6. The van der Waals surface area contributed by atoms with Gasteiger partial charge in [0.2, 0.25) is 0 Å². The van der Waals surface area contributed by atoms with Crippen LogP contribution in [0.1, 0.15) is 53.9 Å². The summed E-state index contributed by atoms with van der Waals surface area (Å²) in [7, 11) is 0. The molecule has 0 spiro atoms. The molecule has 0 bridgehead atoms. The van der Waals surface area contributed by atoms with E-state index < -0.39 is 0 Å². The van der Waals surface area contributed by atoms with Crippen LogP contribution in [0.4, 0.5) is 0 Å². The fraction of sp³-hybridized carbons (Fsp3) is 0.750. The minimum absolute atomic E-state index is 0.674. The Morgan fingerprint density at radius 2 is 2.06 bits per heavy atom. The molecule has 0 aromatic carbocycles. The second-order valence-electron chi connectivity index (χ2n) is 5.87. The third-order valence-electron chi connectivity index (χ3n) is 3.83. The van der Waals surface area contributed by atoms with E-state index in [2.05, 4.69) is 52.1 Å². The average molecular weight is 235 g/mol. The molecule has 98 valence electrons. The number of nitrogens with one attached hydrogen (secondary N) is 1. The average Bonchev–Trinajstić information content (AvgIpc) is 2.27. The van der Waals surface area contributed by atoms with Crippen LogP contribution in [0.25, 0.3) is 0 Å². The van der Waals surface area contributed by atoms with E-state index in [0.717, 1.165) is 18.4 Å². The Morgan fingerprint density at radius 3 is 2.65 bits per heavy atom. The van der Waals surface area contributed by atoms with Crippen molar-refractivity contribution in [2.24, 2.45) is 17.8 Å². The minimum Gasteiger partial charge on any atom is -0.388 e. The summed E-state index contributed by atoms with van der Waals surface area (Å²) in [5.74, 6) is 2.19. The standard InChI is InChI=1S/C16H29N/c1-6-8-15-14(5)13(4)9-7-10-17-16(15)11-12(2)3/h6,8,12-14,17H,7,9-11H2,1-5H3/b8-6-,16-15-. The lowest BCUT2D eigenvalue weighted by atomic mass is 9.82. The molecule has 1 heterocycles. The van der Waals surface area contributed by atoms with Crippen molar-refractivity contribution < 1.29 is 0 Å². The van der Waals surface area contributed by atoms with Crippen LogP contribution in [-0.4, -0.2) is 6.54 Å². The van der Waals surface area contributed by atoms with Crippen LogP contribution in [0.2, 0.25) is 0 Å². The Morgan fingerprint density at radius 1 is 1.35 bits per heavy atom.